The second-order valence-electron chi connectivity index (χ2n) is 6.72. The lowest BCUT2D eigenvalue weighted by molar-refractivity contribution is -0.118. The van der Waals surface area contributed by atoms with Crippen molar-refractivity contribution in [1.29, 1.82) is 0 Å². The number of ether oxygens (including phenoxy) is 2. The number of amides is 1. The van der Waals surface area contributed by atoms with Crippen molar-refractivity contribution >= 4 is 38.9 Å². The molecular weight excluding hydrogens is 436 g/mol. The molecule has 3 rings (SSSR count). The van der Waals surface area contributed by atoms with Gasteiger partial charge >= 0.3 is 0 Å². The van der Waals surface area contributed by atoms with Gasteiger partial charge in [-0.1, -0.05) is 12.1 Å². The minimum absolute atomic E-state index is 0.0386. The van der Waals surface area contributed by atoms with Crippen molar-refractivity contribution in [2.75, 3.05) is 30.8 Å². The standard InChI is InChI=1S/C20H24N6O5S/c1-3-32(28,29)26-14-6-4-13(5-7-14)18-17(19(21)27)20(25-24-18)23-15-8-9-22-16(12-15)31-11-10-30-2/h4-9,12,17,26H,3,10-11H2,1-2H3,(H2,21,27)(H,22,23,25). The average molecular weight is 461 g/mol. The molecule has 170 valence electrons. The summed E-state index contributed by atoms with van der Waals surface area (Å²) in [5.74, 6) is -0.947. The van der Waals surface area contributed by atoms with E-state index in [1.165, 1.54) is 6.20 Å². The number of methoxy groups -OCH3 is 1. The fourth-order valence-corrected chi connectivity index (χ4v) is 3.48. The minimum atomic E-state index is -3.39. The summed E-state index contributed by atoms with van der Waals surface area (Å²) in [6, 6.07) is 9.76. The number of pyridine rings is 1. The lowest BCUT2D eigenvalue weighted by Gasteiger charge is -2.11. The number of primary amides is 1. The van der Waals surface area contributed by atoms with E-state index in [0.717, 1.165) is 0 Å². The molecule has 4 N–H and O–H groups in total. The number of hydrazone groups is 1. The summed E-state index contributed by atoms with van der Waals surface area (Å²) in [6.45, 7) is 2.30. The Morgan fingerprint density at radius 2 is 2.00 bits per heavy atom. The molecule has 11 nitrogen and oxygen atoms in total. The van der Waals surface area contributed by atoms with Crippen LogP contribution in [0.5, 0.6) is 5.88 Å². The molecule has 0 saturated heterocycles. The van der Waals surface area contributed by atoms with E-state index < -0.39 is 21.8 Å². The summed E-state index contributed by atoms with van der Waals surface area (Å²) in [6.07, 6.45) is 1.54. The predicted octanol–water partition coefficient (Wildman–Crippen LogP) is 1.01. The summed E-state index contributed by atoms with van der Waals surface area (Å²) in [5, 5.41) is 4.22. The summed E-state index contributed by atoms with van der Waals surface area (Å²) in [4.78, 5) is 20.8. The van der Waals surface area contributed by atoms with E-state index in [-0.39, 0.29) is 11.6 Å². The number of carbonyl (C=O) groups excluding carboxylic acids is 1. The van der Waals surface area contributed by atoms with Crippen LogP contribution in [0.15, 0.2) is 52.7 Å². The molecule has 2 aromatic rings. The Morgan fingerprint density at radius 1 is 1.25 bits per heavy atom. The number of nitrogens with zero attached hydrogens (tertiary/aromatic N) is 3. The third kappa shape index (κ3) is 5.80. The number of aliphatic imine (C=N–C) groups is 1. The monoisotopic (exact) mass is 460 g/mol. The highest BCUT2D eigenvalue weighted by Crippen LogP contribution is 2.23. The van der Waals surface area contributed by atoms with Crippen LogP contribution in [0, 0.1) is 5.92 Å². The quantitative estimate of drug-likeness (QED) is 0.446. The van der Waals surface area contributed by atoms with Gasteiger partial charge in [-0.3, -0.25) is 14.9 Å². The zero-order chi connectivity index (χ0) is 23.1. The van der Waals surface area contributed by atoms with Gasteiger partial charge in [-0.05, 0) is 30.7 Å². The van der Waals surface area contributed by atoms with E-state index in [1.54, 1.807) is 50.4 Å². The van der Waals surface area contributed by atoms with Gasteiger partial charge < -0.3 is 15.2 Å². The van der Waals surface area contributed by atoms with Gasteiger partial charge in [0.1, 0.15) is 18.4 Å². The summed E-state index contributed by atoms with van der Waals surface area (Å²) < 4.78 is 36.3. The van der Waals surface area contributed by atoms with Crippen LogP contribution in [0.2, 0.25) is 0 Å². The molecule has 1 aliphatic heterocycles. The molecule has 0 radical (unpaired) electrons. The second-order valence-corrected chi connectivity index (χ2v) is 8.73. The Balaban J connectivity index is 1.80. The van der Waals surface area contributed by atoms with E-state index in [2.05, 4.69) is 25.2 Å². The van der Waals surface area contributed by atoms with Crippen LogP contribution in [0.3, 0.4) is 0 Å². The normalized spacial score (nSPS) is 17.0. The van der Waals surface area contributed by atoms with E-state index in [9.17, 15) is 13.2 Å². The number of rotatable bonds is 10. The van der Waals surface area contributed by atoms with Crippen molar-refractivity contribution in [2.45, 2.75) is 6.92 Å². The fraction of sp³-hybridized carbons (Fsp3) is 0.300. The van der Waals surface area contributed by atoms with Crippen molar-refractivity contribution in [3.8, 4) is 5.88 Å². The number of nitrogens with one attached hydrogen (secondary N) is 2. The van der Waals surface area contributed by atoms with Gasteiger partial charge in [-0.25, -0.2) is 18.4 Å². The van der Waals surface area contributed by atoms with Crippen molar-refractivity contribution in [3.05, 3.63) is 48.2 Å². The molecule has 12 heteroatoms. The number of anilines is 1. The van der Waals surface area contributed by atoms with Gasteiger partial charge in [-0.2, -0.15) is 5.10 Å². The molecule has 2 heterocycles. The van der Waals surface area contributed by atoms with Crippen molar-refractivity contribution in [3.63, 3.8) is 0 Å². The van der Waals surface area contributed by atoms with Gasteiger partial charge in [0.15, 0.2) is 0 Å². The molecule has 1 atom stereocenters. The minimum Gasteiger partial charge on any atom is -0.475 e. The number of carbonyl (C=O) groups is 1. The van der Waals surface area contributed by atoms with E-state index in [0.29, 0.717) is 41.7 Å². The van der Waals surface area contributed by atoms with Crippen LogP contribution in [0.1, 0.15) is 12.5 Å². The molecule has 32 heavy (non-hydrogen) atoms. The molecule has 1 aromatic heterocycles. The highest BCUT2D eigenvalue weighted by atomic mass is 32.2. The smallest absolute Gasteiger partial charge is 0.234 e. The first kappa shape index (κ1) is 23.2. The van der Waals surface area contributed by atoms with Crippen LogP contribution >= 0.6 is 0 Å². The molecule has 1 unspecified atom stereocenters. The number of sulfonamides is 1. The lowest BCUT2D eigenvalue weighted by atomic mass is 9.96. The van der Waals surface area contributed by atoms with Crippen molar-refractivity contribution in [1.82, 2.24) is 10.4 Å². The van der Waals surface area contributed by atoms with Gasteiger partial charge in [0.25, 0.3) is 0 Å². The van der Waals surface area contributed by atoms with Crippen molar-refractivity contribution < 1.29 is 22.7 Å². The SMILES string of the molecule is CCS(=O)(=O)Nc1ccc(C2=NNC(=Nc3ccnc(OCCOC)c3)C2C(N)=O)cc1. The predicted molar refractivity (Wildman–Crippen MR) is 121 cm³/mol. The van der Waals surface area contributed by atoms with Crippen LogP contribution < -0.4 is 20.6 Å². The van der Waals surface area contributed by atoms with Crippen LogP contribution in [-0.2, 0) is 19.6 Å². The molecule has 1 aromatic carbocycles. The van der Waals surface area contributed by atoms with Crippen LogP contribution in [0.4, 0.5) is 11.4 Å². The van der Waals surface area contributed by atoms with E-state index in [4.69, 9.17) is 15.2 Å². The number of nitrogens with two attached hydrogens (primary N) is 1. The average Bonchev–Trinajstić information content (AvgIpc) is 3.18. The number of aromatic nitrogens is 1. The zero-order valence-corrected chi connectivity index (χ0v) is 18.4. The van der Waals surface area contributed by atoms with Gasteiger partial charge in [0.2, 0.25) is 21.8 Å². The van der Waals surface area contributed by atoms with E-state index in [1.807, 2.05) is 0 Å². The highest BCUT2D eigenvalue weighted by molar-refractivity contribution is 7.92. The van der Waals surface area contributed by atoms with Gasteiger partial charge in [0, 0.05) is 25.1 Å². The first-order chi connectivity index (χ1) is 15.3. The third-order valence-corrected chi connectivity index (χ3v) is 5.77. The number of benzene rings is 1. The highest BCUT2D eigenvalue weighted by Gasteiger charge is 2.34. The Labute approximate surface area is 185 Å². The number of hydrogen-bond acceptors (Lipinski definition) is 8. The first-order valence-electron chi connectivity index (χ1n) is 9.73. The Morgan fingerprint density at radius 3 is 2.66 bits per heavy atom. The van der Waals surface area contributed by atoms with Crippen LogP contribution in [0.25, 0.3) is 0 Å². The molecular formula is C20H24N6O5S. The van der Waals surface area contributed by atoms with E-state index >= 15 is 0 Å². The topological polar surface area (TPSA) is 157 Å². The molecule has 0 saturated carbocycles. The number of amidine groups is 1. The van der Waals surface area contributed by atoms with Gasteiger partial charge in [-0.15, -0.1) is 0 Å². The summed E-state index contributed by atoms with van der Waals surface area (Å²) in [5.41, 5.74) is 10.3. The maximum atomic E-state index is 12.2. The maximum absolute atomic E-state index is 12.2. The zero-order valence-electron chi connectivity index (χ0n) is 17.6. The molecule has 1 amide bonds. The Hall–Kier alpha value is -3.51. The third-order valence-electron chi connectivity index (χ3n) is 4.46. The molecule has 1 aliphatic rings. The summed E-state index contributed by atoms with van der Waals surface area (Å²) in [7, 11) is -1.82. The summed E-state index contributed by atoms with van der Waals surface area (Å²) >= 11 is 0. The lowest BCUT2D eigenvalue weighted by Crippen LogP contribution is -2.36. The molecule has 0 bridgehead atoms. The molecule has 0 fully saturated rings. The number of hydrogen-bond donors (Lipinski definition) is 3. The molecule has 0 aliphatic carbocycles. The van der Waals surface area contributed by atoms with Crippen molar-refractivity contribution in [2.24, 2.45) is 21.7 Å². The second kappa shape index (κ2) is 10.2. The maximum Gasteiger partial charge on any atom is 0.234 e. The largest absolute Gasteiger partial charge is 0.475 e. The van der Waals surface area contributed by atoms with Gasteiger partial charge in [0.05, 0.1) is 23.8 Å². The first-order valence-corrected chi connectivity index (χ1v) is 11.4. The Kier molecular flexibility index (Phi) is 7.38. The Bertz CT molecular complexity index is 1130. The van der Waals surface area contributed by atoms with Crippen LogP contribution in [-0.4, -0.2) is 56.9 Å². The molecule has 0 spiro atoms. The fourth-order valence-electron chi connectivity index (χ4n) is 2.84.